The highest BCUT2D eigenvalue weighted by atomic mass is 79.9. The SMILES string of the molecule is CC(C)(Cc1c(COCc2ccc(F)c(Oc3ccccc3)c2)ccc(F)c1Oc1ccccc1)c1ccc(OC(F)(F)Br)cc1. The molecule has 0 bridgehead atoms. The van der Waals surface area contributed by atoms with Crippen LogP contribution in [0.5, 0.6) is 28.7 Å². The Labute approximate surface area is 273 Å². The van der Waals surface area contributed by atoms with Gasteiger partial charge in [-0.25, -0.2) is 8.78 Å². The van der Waals surface area contributed by atoms with Gasteiger partial charge in [0.2, 0.25) is 0 Å². The van der Waals surface area contributed by atoms with E-state index in [9.17, 15) is 13.2 Å². The van der Waals surface area contributed by atoms with Crippen molar-refractivity contribution in [3.63, 3.8) is 0 Å². The van der Waals surface area contributed by atoms with Gasteiger partial charge in [0.25, 0.3) is 0 Å². The van der Waals surface area contributed by atoms with Gasteiger partial charge in [-0.15, -0.1) is 0 Å². The predicted octanol–water partition coefficient (Wildman–Crippen LogP) is 11.1. The van der Waals surface area contributed by atoms with Crippen LogP contribution < -0.4 is 14.2 Å². The lowest BCUT2D eigenvalue weighted by atomic mass is 9.78. The van der Waals surface area contributed by atoms with Crippen LogP contribution in [-0.4, -0.2) is 5.02 Å². The minimum absolute atomic E-state index is 0.00695. The van der Waals surface area contributed by atoms with E-state index in [1.165, 1.54) is 24.3 Å². The summed E-state index contributed by atoms with van der Waals surface area (Å²) >= 11 is 2.18. The summed E-state index contributed by atoms with van der Waals surface area (Å²) in [7, 11) is 0. The normalized spacial score (nSPS) is 11.7. The van der Waals surface area contributed by atoms with Crippen LogP contribution in [0.1, 0.15) is 36.1 Å². The molecule has 4 nitrogen and oxygen atoms in total. The molecule has 5 aromatic carbocycles. The van der Waals surface area contributed by atoms with Gasteiger partial charge in [0, 0.05) is 21.5 Å². The van der Waals surface area contributed by atoms with Crippen molar-refractivity contribution in [3.05, 3.63) is 149 Å². The number of alkyl halides is 3. The highest BCUT2D eigenvalue weighted by molar-refractivity contribution is 9.09. The molecule has 5 aromatic rings. The standard InChI is InChI=1S/C37H31BrF4O4/c1-36(2,27-15-17-30(18-16-27)46-37(38,41)42)22-31-26(14-20-33(40)35(31)45-29-11-7-4-8-12-29)24-43-23-25-13-19-32(39)34(21-25)44-28-9-5-3-6-10-28/h3-21H,22-24H2,1-2H3. The summed E-state index contributed by atoms with van der Waals surface area (Å²) < 4.78 is 79.0. The average Bonchev–Trinajstić information content (AvgIpc) is 3.02. The first-order valence-electron chi connectivity index (χ1n) is 14.5. The molecule has 0 aliphatic carbocycles. The Hall–Kier alpha value is -4.34. The molecule has 0 fully saturated rings. The van der Waals surface area contributed by atoms with E-state index in [-0.39, 0.29) is 30.5 Å². The fourth-order valence-electron chi connectivity index (χ4n) is 4.95. The number of rotatable bonds is 13. The van der Waals surface area contributed by atoms with Crippen molar-refractivity contribution in [2.75, 3.05) is 0 Å². The molecule has 0 saturated heterocycles. The Bertz CT molecular complexity index is 1740. The van der Waals surface area contributed by atoms with Crippen LogP contribution in [0.4, 0.5) is 17.6 Å². The number of hydrogen-bond donors (Lipinski definition) is 0. The number of halogens is 5. The second-order valence-corrected chi connectivity index (χ2v) is 12.2. The molecule has 0 heterocycles. The zero-order chi connectivity index (χ0) is 32.7. The van der Waals surface area contributed by atoms with E-state index < -0.39 is 22.1 Å². The van der Waals surface area contributed by atoms with Gasteiger partial charge in [-0.1, -0.05) is 74.5 Å². The zero-order valence-corrected chi connectivity index (χ0v) is 26.7. The minimum atomic E-state index is -3.49. The summed E-state index contributed by atoms with van der Waals surface area (Å²) in [6, 6.07) is 31.6. The fourth-order valence-corrected chi connectivity index (χ4v) is 5.13. The summed E-state index contributed by atoms with van der Waals surface area (Å²) in [5.74, 6) is 0.0698. The molecule has 0 N–H and O–H groups in total. The van der Waals surface area contributed by atoms with Crippen molar-refractivity contribution in [2.24, 2.45) is 0 Å². The van der Waals surface area contributed by atoms with Gasteiger partial charge < -0.3 is 18.9 Å². The lowest BCUT2D eigenvalue weighted by molar-refractivity contribution is -0.0803. The zero-order valence-electron chi connectivity index (χ0n) is 25.1. The molecule has 5 rings (SSSR count). The maximum Gasteiger partial charge on any atom is 0.459 e. The topological polar surface area (TPSA) is 36.9 Å². The predicted molar refractivity (Wildman–Crippen MR) is 172 cm³/mol. The highest BCUT2D eigenvalue weighted by Gasteiger charge is 2.29. The van der Waals surface area contributed by atoms with E-state index in [0.717, 1.165) is 5.56 Å². The van der Waals surface area contributed by atoms with Crippen LogP contribution in [0.25, 0.3) is 0 Å². The Kier molecular flexibility index (Phi) is 10.3. The van der Waals surface area contributed by atoms with Gasteiger partial charge >= 0.3 is 5.02 Å². The van der Waals surface area contributed by atoms with E-state index in [1.807, 2.05) is 26.0 Å². The Balaban J connectivity index is 1.39. The molecule has 0 saturated carbocycles. The largest absolute Gasteiger partial charge is 0.459 e. The molecule has 0 atom stereocenters. The van der Waals surface area contributed by atoms with Crippen LogP contribution in [0.3, 0.4) is 0 Å². The average molecular weight is 696 g/mol. The van der Waals surface area contributed by atoms with Crippen molar-refractivity contribution >= 4 is 15.9 Å². The lowest BCUT2D eigenvalue weighted by Gasteiger charge is -2.28. The summed E-state index contributed by atoms with van der Waals surface area (Å²) in [5.41, 5.74) is 2.20. The third kappa shape index (κ3) is 8.89. The Morgan fingerprint density at radius 2 is 1.26 bits per heavy atom. The van der Waals surface area contributed by atoms with E-state index in [2.05, 4.69) is 20.7 Å². The van der Waals surface area contributed by atoms with Crippen molar-refractivity contribution in [2.45, 2.75) is 43.9 Å². The Morgan fingerprint density at radius 3 is 1.89 bits per heavy atom. The second kappa shape index (κ2) is 14.4. The van der Waals surface area contributed by atoms with Crippen LogP contribution >= 0.6 is 15.9 Å². The van der Waals surface area contributed by atoms with Crippen molar-refractivity contribution < 1.29 is 36.5 Å². The van der Waals surface area contributed by atoms with Crippen molar-refractivity contribution in [3.8, 4) is 28.7 Å². The van der Waals surface area contributed by atoms with E-state index in [0.29, 0.717) is 34.6 Å². The van der Waals surface area contributed by atoms with Gasteiger partial charge in [-0.05, 0) is 83.1 Å². The first-order chi connectivity index (χ1) is 22.0. The maximum atomic E-state index is 15.4. The molecule has 9 heteroatoms. The first-order valence-corrected chi connectivity index (χ1v) is 15.2. The van der Waals surface area contributed by atoms with Crippen molar-refractivity contribution in [1.29, 1.82) is 0 Å². The molecule has 0 amide bonds. The van der Waals surface area contributed by atoms with E-state index in [1.54, 1.807) is 78.9 Å². The quantitative estimate of drug-likeness (QED) is 0.0908. The molecule has 238 valence electrons. The molecule has 0 aliphatic heterocycles. The Morgan fingerprint density at radius 1 is 0.652 bits per heavy atom. The first kappa shape index (κ1) is 33.0. The van der Waals surface area contributed by atoms with Crippen LogP contribution in [-0.2, 0) is 29.8 Å². The molecular weight excluding hydrogens is 664 g/mol. The molecule has 0 unspecified atom stereocenters. The third-order valence-electron chi connectivity index (χ3n) is 7.25. The number of ether oxygens (including phenoxy) is 4. The van der Waals surface area contributed by atoms with E-state index in [4.69, 9.17) is 14.2 Å². The summed E-state index contributed by atoms with van der Waals surface area (Å²) in [4.78, 5) is 0. The van der Waals surface area contributed by atoms with Gasteiger partial charge in [0.05, 0.1) is 13.2 Å². The summed E-state index contributed by atoms with van der Waals surface area (Å²) in [5, 5.41) is -3.49. The van der Waals surface area contributed by atoms with Gasteiger partial charge in [0.15, 0.2) is 23.1 Å². The number of hydrogen-bond acceptors (Lipinski definition) is 4. The van der Waals surface area contributed by atoms with Crippen LogP contribution in [0.15, 0.2) is 115 Å². The summed E-state index contributed by atoms with van der Waals surface area (Å²) in [6.07, 6.45) is 0.325. The molecular formula is C37H31BrF4O4. The molecule has 0 aromatic heterocycles. The molecule has 46 heavy (non-hydrogen) atoms. The maximum absolute atomic E-state index is 15.4. The van der Waals surface area contributed by atoms with Crippen molar-refractivity contribution in [1.82, 2.24) is 0 Å². The number of benzene rings is 5. The fraction of sp³-hybridized carbons (Fsp3) is 0.189. The number of para-hydroxylation sites is 2. The third-order valence-corrected chi connectivity index (χ3v) is 7.42. The van der Waals surface area contributed by atoms with Gasteiger partial charge in [-0.3, -0.25) is 0 Å². The smallest absolute Gasteiger partial charge is 0.454 e. The van der Waals surface area contributed by atoms with Gasteiger partial charge in [0.1, 0.15) is 17.2 Å². The monoisotopic (exact) mass is 694 g/mol. The highest BCUT2D eigenvalue weighted by Crippen LogP contribution is 2.38. The van der Waals surface area contributed by atoms with E-state index >= 15 is 4.39 Å². The van der Waals surface area contributed by atoms with Crippen LogP contribution in [0, 0.1) is 11.6 Å². The molecule has 0 aliphatic rings. The van der Waals surface area contributed by atoms with Gasteiger partial charge in [-0.2, -0.15) is 8.78 Å². The lowest BCUT2D eigenvalue weighted by Crippen LogP contribution is -2.22. The van der Waals surface area contributed by atoms with Crippen LogP contribution in [0.2, 0.25) is 0 Å². The second-order valence-electron chi connectivity index (χ2n) is 11.2. The minimum Gasteiger partial charge on any atom is -0.454 e. The summed E-state index contributed by atoms with van der Waals surface area (Å²) in [6.45, 7) is 4.18. The molecule has 0 radical (unpaired) electrons. The molecule has 0 spiro atoms.